The molecule has 0 fully saturated rings. The zero-order valence-electron chi connectivity index (χ0n) is 15.5. The van der Waals surface area contributed by atoms with E-state index >= 15 is 0 Å². The average Bonchev–Trinajstić information content (AvgIpc) is 2.57. The van der Waals surface area contributed by atoms with Gasteiger partial charge in [0, 0.05) is 9.92 Å². The lowest BCUT2D eigenvalue weighted by Crippen LogP contribution is -2.34. The van der Waals surface area contributed by atoms with Crippen LogP contribution in [0.25, 0.3) is 0 Å². The highest BCUT2D eigenvalue weighted by Crippen LogP contribution is 2.28. The summed E-state index contributed by atoms with van der Waals surface area (Å²) in [4.78, 5) is 13.8. The summed E-state index contributed by atoms with van der Waals surface area (Å²) in [6.45, 7) is 10.4. The summed E-state index contributed by atoms with van der Waals surface area (Å²) in [5.74, 6) is 0.0765. The molecule has 1 N–H and O–H groups in total. The molecule has 0 unspecified atom stereocenters. The number of carbonyl (C=O) groups excluding carboxylic acids is 1. The summed E-state index contributed by atoms with van der Waals surface area (Å²) in [6.07, 6.45) is 0.776. The summed E-state index contributed by atoms with van der Waals surface area (Å²) in [7, 11) is 0. The smallest absolute Gasteiger partial charge is 0.233 e. The van der Waals surface area contributed by atoms with Crippen LogP contribution in [0.4, 0.5) is 0 Å². The lowest BCUT2D eigenvalue weighted by Gasteiger charge is -2.21. The van der Waals surface area contributed by atoms with Crippen molar-refractivity contribution in [3.63, 3.8) is 0 Å². The normalized spacial score (nSPS) is 13.4. The van der Waals surface area contributed by atoms with Crippen LogP contribution in [0.3, 0.4) is 0 Å². The van der Waals surface area contributed by atoms with Gasteiger partial charge >= 0.3 is 0 Å². The average molecular weight is 376 g/mol. The molecular formula is C21H26ClNOS. The Morgan fingerprint density at radius 3 is 2.28 bits per heavy atom. The monoisotopic (exact) mass is 375 g/mol. The molecule has 134 valence electrons. The van der Waals surface area contributed by atoms with Crippen LogP contribution in [-0.2, 0) is 4.79 Å². The maximum Gasteiger partial charge on any atom is 0.233 e. The van der Waals surface area contributed by atoms with Gasteiger partial charge in [-0.3, -0.25) is 4.79 Å². The molecule has 0 heterocycles. The molecule has 25 heavy (non-hydrogen) atoms. The molecule has 0 bridgehead atoms. The first-order chi connectivity index (χ1) is 11.8. The van der Waals surface area contributed by atoms with Gasteiger partial charge in [-0.05, 0) is 80.6 Å². The number of thioether (sulfide) groups is 1. The van der Waals surface area contributed by atoms with Crippen LogP contribution in [0.15, 0.2) is 41.3 Å². The summed E-state index contributed by atoms with van der Waals surface area (Å²) in [5.41, 5.74) is 4.94. The standard InChI is InChI=1S/C21H26ClNOS/c1-6-20(25-18-9-7-17(22)8-10-18)21(24)23-16(5)19-12-14(3)13(2)11-15(19)4/h7-12,16,20H,6H2,1-5H3,(H,23,24)/t16-,20+/m1/s1. The molecule has 2 atom stereocenters. The topological polar surface area (TPSA) is 29.1 Å². The maximum absolute atomic E-state index is 12.7. The number of benzene rings is 2. The van der Waals surface area contributed by atoms with Crippen molar-refractivity contribution in [3.8, 4) is 0 Å². The van der Waals surface area contributed by atoms with Crippen molar-refractivity contribution in [2.24, 2.45) is 0 Å². The summed E-state index contributed by atoms with van der Waals surface area (Å²) in [6, 6.07) is 12.0. The van der Waals surface area contributed by atoms with E-state index in [4.69, 9.17) is 11.6 Å². The second-order valence-corrected chi connectivity index (χ2v) is 8.20. The van der Waals surface area contributed by atoms with Crippen molar-refractivity contribution in [2.45, 2.75) is 57.2 Å². The largest absolute Gasteiger partial charge is 0.349 e. The predicted octanol–water partition coefficient (Wildman–Crippen LogP) is 6.01. The SMILES string of the molecule is CC[C@H](Sc1ccc(Cl)cc1)C(=O)N[C@H](C)c1cc(C)c(C)cc1C. The quantitative estimate of drug-likeness (QED) is 0.626. The van der Waals surface area contributed by atoms with Gasteiger partial charge in [0.1, 0.15) is 0 Å². The van der Waals surface area contributed by atoms with Crippen LogP contribution in [-0.4, -0.2) is 11.2 Å². The number of hydrogen-bond donors (Lipinski definition) is 1. The summed E-state index contributed by atoms with van der Waals surface area (Å²) in [5, 5.41) is 3.77. The maximum atomic E-state index is 12.7. The van der Waals surface area contributed by atoms with Gasteiger partial charge in [0.05, 0.1) is 11.3 Å². The highest BCUT2D eigenvalue weighted by Gasteiger charge is 2.21. The van der Waals surface area contributed by atoms with Gasteiger partial charge in [0.2, 0.25) is 5.91 Å². The molecule has 0 aliphatic heterocycles. The van der Waals surface area contributed by atoms with Crippen molar-refractivity contribution >= 4 is 29.3 Å². The van der Waals surface area contributed by atoms with E-state index in [9.17, 15) is 4.79 Å². The molecule has 2 aromatic rings. The summed E-state index contributed by atoms with van der Waals surface area (Å²) >= 11 is 7.51. The van der Waals surface area contributed by atoms with E-state index in [0.717, 1.165) is 11.3 Å². The highest BCUT2D eigenvalue weighted by molar-refractivity contribution is 8.00. The minimum atomic E-state index is -0.115. The first-order valence-electron chi connectivity index (χ1n) is 8.62. The minimum Gasteiger partial charge on any atom is -0.349 e. The molecule has 4 heteroatoms. The van der Waals surface area contributed by atoms with Crippen LogP contribution >= 0.6 is 23.4 Å². The Kier molecular flexibility index (Phi) is 6.97. The number of rotatable bonds is 6. The fourth-order valence-electron chi connectivity index (χ4n) is 2.83. The number of carbonyl (C=O) groups is 1. The lowest BCUT2D eigenvalue weighted by atomic mass is 9.96. The number of amides is 1. The Balaban J connectivity index is 2.08. The molecule has 0 aromatic heterocycles. The van der Waals surface area contributed by atoms with Crippen molar-refractivity contribution < 1.29 is 4.79 Å². The van der Waals surface area contributed by atoms with E-state index < -0.39 is 0 Å². The number of aryl methyl sites for hydroxylation is 3. The van der Waals surface area contributed by atoms with Gasteiger partial charge in [0.15, 0.2) is 0 Å². The second kappa shape index (κ2) is 8.77. The van der Waals surface area contributed by atoms with E-state index in [-0.39, 0.29) is 17.2 Å². The van der Waals surface area contributed by atoms with E-state index in [0.29, 0.717) is 5.02 Å². The van der Waals surface area contributed by atoms with Gasteiger partial charge in [-0.25, -0.2) is 0 Å². The second-order valence-electron chi connectivity index (χ2n) is 6.49. The predicted molar refractivity (Wildman–Crippen MR) is 109 cm³/mol. The van der Waals surface area contributed by atoms with E-state index in [1.54, 1.807) is 11.8 Å². The van der Waals surface area contributed by atoms with Crippen molar-refractivity contribution in [1.82, 2.24) is 5.32 Å². The lowest BCUT2D eigenvalue weighted by molar-refractivity contribution is -0.121. The number of hydrogen-bond acceptors (Lipinski definition) is 2. The molecule has 2 aromatic carbocycles. The van der Waals surface area contributed by atoms with Gasteiger partial charge in [-0.15, -0.1) is 11.8 Å². The van der Waals surface area contributed by atoms with Crippen LogP contribution < -0.4 is 5.32 Å². The molecule has 0 aliphatic rings. The summed E-state index contributed by atoms with van der Waals surface area (Å²) < 4.78 is 0. The third-order valence-electron chi connectivity index (χ3n) is 4.46. The molecular weight excluding hydrogens is 350 g/mol. The highest BCUT2D eigenvalue weighted by atomic mass is 35.5. The molecule has 2 rings (SSSR count). The van der Waals surface area contributed by atoms with Crippen LogP contribution in [0, 0.1) is 20.8 Å². The third-order valence-corrected chi connectivity index (χ3v) is 6.09. The van der Waals surface area contributed by atoms with Crippen molar-refractivity contribution in [2.75, 3.05) is 0 Å². The Morgan fingerprint density at radius 1 is 1.08 bits per heavy atom. The zero-order chi connectivity index (χ0) is 18.6. The molecule has 1 amide bonds. The number of halogens is 1. The Bertz CT molecular complexity index is 742. The fourth-order valence-corrected chi connectivity index (χ4v) is 3.92. The van der Waals surface area contributed by atoms with Crippen molar-refractivity contribution in [1.29, 1.82) is 0 Å². The molecule has 2 nitrogen and oxygen atoms in total. The van der Waals surface area contributed by atoms with Crippen LogP contribution in [0.1, 0.15) is 48.6 Å². The molecule has 0 saturated heterocycles. The Labute approximate surface area is 160 Å². The van der Waals surface area contributed by atoms with Crippen molar-refractivity contribution in [3.05, 3.63) is 63.7 Å². The van der Waals surface area contributed by atoms with Gasteiger partial charge in [0.25, 0.3) is 0 Å². The van der Waals surface area contributed by atoms with E-state index in [2.05, 4.69) is 45.1 Å². The van der Waals surface area contributed by atoms with Gasteiger partial charge in [-0.2, -0.15) is 0 Å². The van der Waals surface area contributed by atoms with E-state index in [1.807, 2.05) is 31.2 Å². The molecule has 0 saturated carbocycles. The molecule has 0 aliphatic carbocycles. The van der Waals surface area contributed by atoms with E-state index in [1.165, 1.54) is 22.3 Å². The third kappa shape index (κ3) is 5.26. The van der Waals surface area contributed by atoms with Crippen LogP contribution in [0.2, 0.25) is 5.02 Å². The number of nitrogens with one attached hydrogen (secondary N) is 1. The Morgan fingerprint density at radius 2 is 1.68 bits per heavy atom. The Hall–Kier alpha value is -1.45. The fraction of sp³-hybridized carbons (Fsp3) is 0.381. The van der Waals surface area contributed by atoms with Gasteiger partial charge in [-0.1, -0.05) is 30.7 Å². The van der Waals surface area contributed by atoms with Crippen LogP contribution in [0.5, 0.6) is 0 Å². The molecule has 0 radical (unpaired) electrons. The van der Waals surface area contributed by atoms with Gasteiger partial charge < -0.3 is 5.32 Å². The first kappa shape index (κ1) is 19.9. The molecule has 0 spiro atoms. The first-order valence-corrected chi connectivity index (χ1v) is 9.88. The zero-order valence-corrected chi connectivity index (χ0v) is 17.1. The minimum absolute atomic E-state index is 0.00771.